The number of rotatable bonds is 6. The van der Waals surface area contributed by atoms with Crippen LogP contribution in [0.1, 0.15) is 37.7 Å². The molecule has 3 heterocycles. The number of ether oxygens (including phenoxy) is 1. The van der Waals surface area contributed by atoms with Crippen LogP contribution in [0.2, 0.25) is 0 Å². The minimum atomic E-state index is -0.0387. The minimum Gasteiger partial charge on any atom is -0.378 e. The Bertz CT molecular complexity index is 731. The highest BCUT2D eigenvalue weighted by Gasteiger charge is 2.29. The van der Waals surface area contributed by atoms with Crippen molar-refractivity contribution in [2.75, 3.05) is 31.6 Å². The van der Waals surface area contributed by atoms with E-state index in [-0.39, 0.29) is 18.5 Å². The van der Waals surface area contributed by atoms with E-state index in [1.807, 2.05) is 22.7 Å². The highest BCUT2D eigenvalue weighted by molar-refractivity contribution is 5.76. The van der Waals surface area contributed by atoms with Crippen LogP contribution in [0.3, 0.4) is 0 Å². The number of hydrogen-bond donors (Lipinski definition) is 1. The van der Waals surface area contributed by atoms with Gasteiger partial charge in [-0.2, -0.15) is 5.10 Å². The Hall–Kier alpha value is -2.49. The number of anilines is 1. The van der Waals surface area contributed by atoms with Crippen molar-refractivity contribution in [1.29, 1.82) is 0 Å². The number of carbonyl (C=O) groups is 1. The molecule has 1 aliphatic heterocycles. The molecule has 4 rings (SSSR count). The average Bonchev–Trinajstić information content (AvgIpc) is 3.18. The van der Waals surface area contributed by atoms with Crippen LogP contribution in [-0.2, 0) is 16.1 Å². The molecular formula is C15H22N8O2. The highest BCUT2D eigenvalue weighted by atomic mass is 16.5. The molecule has 134 valence electrons. The van der Waals surface area contributed by atoms with Crippen LogP contribution in [0.25, 0.3) is 0 Å². The number of hydrogen-bond acceptors (Lipinski definition) is 7. The summed E-state index contributed by atoms with van der Waals surface area (Å²) in [5.41, 5.74) is 0.840. The monoisotopic (exact) mass is 346 g/mol. The molecule has 2 fully saturated rings. The van der Waals surface area contributed by atoms with Gasteiger partial charge in [-0.15, -0.1) is 5.10 Å². The molecule has 2 aliphatic rings. The Balaban J connectivity index is 1.36. The Morgan fingerprint density at radius 2 is 2.20 bits per heavy atom. The maximum Gasteiger partial charge on any atom is 0.244 e. The molecule has 1 saturated heterocycles. The zero-order valence-electron chi connectivity index (χ0n) is 14.2. The molecule has 1 aliphatic carbocycles. The normalized spacial score (nSPS) is 19.0. The summed E-state index contributed by atoms with van der Waals surface area (Å²) in [6, 6.07) is 0.395. The number of nitrogens with zero attached hydrogens (tertiary/aromatic N) is 7. The third-order valence-electron chi connectivity index (χ3n) is 4.48. The zero-order chi connectivity index (χ0) is 17.2. The fraction of sp³-hybridized carbons (Fsp3) is 0.667. The van der Waals surface area contributed by atoms with Crippen molar-refractivity contribution in [1.82, 2.24) is 34.9 Å². The molecule has 1 amide bonds. The van der Waals surface area contributed by atoms with Gasteiger partial charge in [0.05, 0.1) is 37.2 Å². The van der Waals surface area contributed by atoms with Gasteiger partial charge in [-0.05, 0) is 30.2 Å². The van der Waals surface area contributed by atoms with E-state index < -0.39 is 0 Å². The molecule has 25 heavy (non-hydrogen) atoms. The number of carbonyl (C=O) groups excluding carboxylic acids is 1. The van der Waals surface area contributed by atoms with Crippen molar-refractivity contribution < 1.29 is 9.53 Å². The predicted molar refractivity (Wildman–Crippen MR) is 87.8 cm³/mol. The van der Waals surface area contributed by atoms with E-state index in [2.05, 4.69) is 25.9 Å². The third kappa shape index (κ3) is 3.63. The lowest BCUT2D eigenvalue weighted by atomic mass is 10.3. The number of morpholine rings is 1. The molecule has 1 atom stereocenters. The third-order valence-corrected chi connectivity index (χ3v) is 4.48. The lowest BCUT2D eigenvalue weighted by molar-refractivity contribution is -0.136. The molecular weight excluding hydrogens is 324 g/mol. The summed E-state index contributed by atoms with van der Waals surface area (Å²) in [4.78, 5) is 14.1. The molecule has 0 spiro atoms. The van der Waals surface area contributed by atoms with Crippen LogP contribution < -0.4 is 5.32 Å². The van der Waals surface area contributed by atoms with Gasteiger partial charge in [0.2, 0.25) is 5.91 Å². The summed E-state index contributed by atoms with van der Waals surface area (Å²) in [6.07, 6.45) is 5.81. The first kappa shape index (κ1) is 16.0. The smallest absolute Gasteiger partial charge is 0.244 e. The van der Waals surface area contributed by atoms with E-state index in [0.717, 1.165) is 24.4 Å². The Kier molecular flexibility index (Phi) is 4.35. The molecule has 10 nitrogen and oxygen atoms in total. The second kappa shape index (κ2) is 6.79. The van der Waals surface area contributed by atoms with Gasteiger partial charge >= 0.3 is 0 Å². The Morgan fingerprint density at radius 1 is 1.40 bits per heavy atom. The second-order valence-electron chi connectivity index (χ2n) is 6.50. The van der Waals surface area contributed by atoms with E-state index in [1.54, 1.807) is 10.9 Å². The first-order chi connectivity index (χ1) is 12.2. The number of aromatic nitrogens is 6. The first-order valence-corrected chi connectivity index (χ1v) is 8.63. The summed E-state index contributed by atoms with van der Waals surface area (Å²) < 4.78 is 8.81. The van der Waals surface area contributed by atoms with E-state index in [0.29, 0.717) is 32.3 Å². The van der Waals surface area contributed by atoms with Crippen molar-refractivity contribution >= 4 is 11.6 Å². The van der Waals surface area contributed by atoms with Crippen molar-refractivity contribution in [2.45, 2.75) is 38.4 Å². The van der Waals surface area contributed by atoms with Gasteiger partial charge in [-0.3, -0.25) is 9.48 Å². The summed E-state index contributed by atoms with van der Waals surface area (Å²) >= 11 is 0. The largest absolute Gasteiger partial charge is 0.378 e. The standard InChI is InChI=1S/C15H22N8O2/c1-11(15-18-19-20-23(15)13-2-3-13)17-12-8-16-22(9-12)10-14(24)21-4-6-25-7-5-21/h8-9,11,13,17H,2-7,10H2,1H3/t11-/m0/s1. The van der Waals surface area contributed by atoms with Gasteiger partial charge in [0.15, 0.2) is 5.82 Å². The van der Waals surface area contributed by atoms with Crippen LogP contribution >= 0.6 is 0 Å². The molecule has 1 saturated carbocycles. The van der Waals surface area contributed by atoms with Crippen molar-refractivity contribution in [3.8, 4) is 0 Å². The fourth-order valence-electron chi connectivity index (χ4n) is 2.96. The molecule has 2 aromatic rings. The average molecular weight is 346 g/mol. The van der Waals surface area contributed by atoms with Crippen LogP contribution in [-0.4, -0.2) is 67.1 Å². The van der Waals surface area contributed by atoms with Crippen molar-refractivity contribution in [3.05, 3.63) is 18.2 Å². The van der Waals surface area contributed by atoms with Crippen molar-refractivity contribution in [3.63, 3.8) is 0 Å². The van der Waals surface area contributed by atoms with Crippen LogP contribution in [0, 0.1) is 0 Å². The molecule has 0 unspecified atom stereocenters. The fourth-order valence-corrected chi connectivity index (χ4v) is 2.96. The molecule has 0 bridgehead atoms. The Labute approximate surface area is 145 Å². The lowest BCUT2D eigenvalue weighted by Gasteiger charge is -2.26. The van der Waals surface area contributed by atoms with Gasteiger partial charge < -0.3 is 15.0 Å². The van der Waals surface area contributed by atoms with Crippen LogP contribution in [0.4, 0.5) is 5.69 Å². The van der Waals surface area contributed by atoms with Gasteiger partial charge in [-0.1, -0.05) is 0 Å². The molecule has 10 heteroatoms. The molecule has 0 radical (unpaired) electrons. The van der Waals surface area contributed by atoms with Crippen LogP contribution in [0.5, 0.6) is 0 Å². The number of amides is 1. The summed E-state index contributed by atoms with van der Waals surface area (Å²) in [7, 11) is 0. The molecule has 2 aromatic heterocycles. The van der Waals surface area contributed by atoms with Gasteiger partial charge in [0.25, 0.3) is 0 Å². The maximum atomic E-state index is 12.3. The summed E-state index contributed by atoms with van der Waals surface area (Å²) in [5, 5.41) is 19.6. The summed E-state index contributed by atoms with van der Waals surface area (Å²) in [5.74, 6) is 0.878. The number of nitrogens with one attached hydrogen (secondary N) is 1. The van der Waals surface area contributed by atoms with E-state index in [1.165, 1.54) is 0 Å². The zero-order valence-corrected chi connectivity index (χ0v) is 14.2. The quantitative estimate of drug-likeness (QED) is 0.799. The first-order valence-electron chi connectivity index (χ1n) is 8.63. The predicted octanol–water partition coefficient (Wildman–Crippen LogP) is 0.236. The van der Waals surface area contributed by atoms with E-state index in [9.17, 15) is 4.79 Å². The SMILES string of the molecule is C[C@H](Nc1cnn(CC(=O)N2CCOCC2)c1)c1nnnn1C1CC1. The highest BCUT2D eigenvalue weighted by Crippen LogP contribution is 2.35. The lowest BCUT2D eigenvalue weighted by Crippen LogP contribution is -2.42. The molecule has 1 N–H and O–H groups in total. The minimum absolute atomic E-state index is 0.0387. The second-order valence-corrected chi connectivity index (χ2v) is 6.50. The van der Waals surface area contributed by atoms with Crippen LogP contribution in [0.15, 0.2) is 12.4 Å². The maximum absolute atomic E-state index is 12.3. The Morgan fingerprint density at radius 3 is 2.96 bits per heavy atom. The molecule has 0 aromatic carbocycles. The number of tetrazole rings is 1. The van der Waals surface area contributed by atoms with E-state index in [4.69, 9.17) is 4.74 Å². The summed E-state index contributed by atoms with van der Waals surface area (Å²) in [6.45, 7) is 4.74. The van der Waals surface area contributed by atoms with Gasteiger partial charge in [-0.25, -0.2) is 4.68 Å². The topological polar surface area (TPSA) is 103 Å². The van der Waals surface area contributed by atoms with Gasteiger partial charge in [0, 0.05) is 19.3 Å². The van der Waals surface area contributed by atoms with E-state index >= 15 is 0 Å². The van der Waals surface area contributed by atoms with Crippen molar-refractivity contribution in [2.24, 2.45) is 0 Å². The van der Waals surface area contributed by atoms with Gasteiger partial charge in [0.1, 0.15) is 6.54 Å².